The number of nitrogens with zero attached hydrogens (tertiary/aromatic N) is 3. The van der Waals surface area contributed by atoms with Crippen molar-refractivity contribution in [2.45, 2.75) is 19.5 Å². The van der Waals surface area contributed by atoms with E-state index in [1.807, 2.05) is 0 Å². The molecule has 4 nitrogen and oxygen atoms in total. The zero-order chi connectivity index (χ0) is 10.7. The number of aromatic nitrogens is 2. The van der Waals surface area contributed by atoms with Gasteiger partial charge >= 0.3 is 0 Å². The van der Waals surface area contributed by atoms with Crippen molar-refractivity contribution in [3.63, 3.8) is 0 Å². The summed E-state index contributed by atoms with van der Waals surface area (Å²) in [6, 6.07) is 0.536. The molecule has 0 radical (unpaired) electrons. The fourth-order valence-corrected chi connectivity index (χ4v) is 1.99. The van der Waals surface area contributed by atoms with Crippen molar-refractivity contribution in [2.75, 3.05) is 19.6 Å². The molecule has 5 heteroatoms. The third-order valence-electron chi connectivity index (χ3n) is 2.55. The zero-order valence-electron chi connectivity index (χ0n) is 8.78. The molecule has 0 saturated carbocycles. The van der Waals surface area contributed by atoms with Crippen molar-refractivity contribution in [3.05, 3.63) is 23.2 Å². The number of halogens is 1. The van der Waals surface area contributed by atoms with Gasteiger partial charge in [-0.15, -0.1) is 0 Å². The summed E-state index contributed by atoms with van der Waals surface area (Å²) in [6.07, 6.45) is 3.30. The van der Waals surface area contributed by atoms with Crippen LogP contribution in [-0.2, 0) is 6.54 Å². The SMILES string of the molecule is CC1CN(Cc2nccnc2Cl)CCN1. The van der Waals surface area contributed by atoms with Gasteiger partial charge in [0.05, 0.1) is 5.69 Å². The van der Waals surface area contributed by atoms with E-state index in [0.717, 1.165) is 31.9 Å². The molecule has 1 aromatic rings. The Morgan fingerprint density at radius 1 is 1.53 bits per heavy atom. The molecule has 82 valence electrons. The van der Waals surface area contributed by atoms with Crippen LogP contribution in [0.5, 0.6) is 0 Å². The maximum atomic E-state index is 5.96. The van der Waals surface area contributed by atoms with Crippen LogP contribution in [0, 0.1) is 0 Å². The van der Waals surface area contributed by atoms with Gasteiger partial charge in [0, 0.05) is 44.6 Å². The maximum absolute atomic E-state index is 5.96. The molecule has 2 heterocycles. The average Bonchev–Trinajstić information content (AvgIpc) is 2.22. The van der Waals surface area contributed by atoms with Crippen molar-refractivity contribution in [1.82, 2.24) is 20.2 Å². The van der Waals surface area contributed by atoms with Crippen LogP contribution in [0.15, 0.2) is 12.4 Å². The first-order chi connectivity index (χ1) is 7.25. The van der Waals surface area contributed by atoms with Gasteiger partial charge in [0.1, 0.15) is 0 Å². The van der Waals surface area contributed by atoms with Crippen LogP contribution >= 0.6 is 11.6 Å². The first-order valence-corrected chi connectivity index (χ1v) is 5.54. The maximum Gasteiger partial charge on any atom is 0.151 e. The predicted octanol–water partition coefficient (Wildman–Crippen LogP) is 0.924. The van der Waals surface area contributed by atoms with Crippen LogP contribution in [0.25, 0.3) is 0 Å². The van der Waals surface area contributed by atoms with Gasteiger partial charge in [-0.25, -0.2) is 4.98 Å². The fraction of sp³-hybridized carbons (Fsp3) is 0.600. The van der Waals surface area contributed by atoms with Crippen LogP contribution < -0.4 is 5.32 Å². The highest BCUT2D eigenvalue weighted by molar-refractivity contribution is 6.29. The Hall–Kier alpha value is -0.710. The minimum Gasteiger partial charge on any atom is -0.312 e. The van der Waals surface area contributed by atoms with E-state index in [-0.39, 0.29) is 0 Å². The summed E-state index contributed by atoms with van der Waals surface area (Å²) in [5.74, 6) is 0. The third kappa shape index (κ3) is 2.87. The van der Waals surface area contributed by atoms with Gasteiger partial charge < -0.3 is 5.32 Å². The Bertz CT molecular complexity index is 331. The Kier molecular flexibility index (Phi) is 3.51. The summed E-state index contributed by atoms with van der Waals surface area (Å²) < 4.78 is 0. The summed E-state index contributed by atoms with van der Waals surface area (Å²) in [6.45, 7) is 6.08. The molecule has 1 fully saturated rings. The molecular weight excluding hydrogens is 212 g/mol. The quantitative estimate of drug-likeness (QED) is 0.815. The lowest BCUT2D eigenvalue weighted by atomic mass is 10.2. The van der Waals surface area contributed by atoms with Crippen molar-refractivity contribution in [1.29, 1.82) is 0 Å². The molecule has 1 N–H and O–H groups in total. The highest BCUT2D eigenvalue weighted by atomic mass is 35.5. The van der Waals surface area contributed by atoms with Gasteiger partial charge in [-0.05, 0) is 6.92 Å². The Labute approximate surface area is 94.7 Å². The number of hydrogen-bond acceptors (Lipinski definition) is 4. The summed E-state index contributed by atoms with van der Waals surface area (Å²) in [7, 11) is 0. The lowest BCUT2D eigenvalue weighted by Gasteiger charge is -2.31. The van der Waals surface area contributed by atoms with Crippen LogP contribution in [0.4, 0.5) is 0 Å². The second-order valence-corrected chi connectivity index (χ2v) is 4.24. The van der Waals surface area contributed by atoms with E-state index in [1.165, 1.54) is 0 Å². The van der Waals surface area contributed by atoms with E-state index < -0.39 is 0 Å². The van der Waals surface area contributed by atoms with E-state index in [1.54, 1.807) is 12.4 Å². The zero-order valence-corrected chi connectivity index (χ0v) is 9.54. The van der Waals surface area contributed by atoms with Crippen molar-refractivity contribution in [2.24, 2.45) is 0 Å². The number of piperazine rings is 1. The number of nitrogens with one attached hydrogen (secondary N) is 1. The first kappa shape index (κ1) is 10.8. The van der Waals surface area contributed by atoms with Gasteiger partial charge in [0.2, 0.25) is 0 Å². The van der Waals surface area contributed by atoms with Crippen LogP contribution in [0.1, 0.15) is 12.6 Å². The molecule has 1 aromatic heterocycles. The van der Waals surface area contributed by atoms with E-state index in [0.29, 0.717) is 11.2 Å². The molecule has 15 heavy (non-hydrogen) atoms. The lowest BCUT2D eigenvalue weighted by molar-refractivity contribution is 0.197. The predicted molar refractivity (Wildman–Crippen MR) is 59.8 cm³/mol. The molecule has 1 aliphatic rings. The standard InChI is InChI=1S/C10H15ClN4/c1-8-6-15(5-4-12-8)7-9-10(11)14-3-2-13-9/h2-3,8,12H,4-7H2,1H3. The van der Waals surface area contributed by atoms with Crippen molar-refractivity contribution in [3.8, 4) is 0 Å². The van der Waals surface area contributed by atoms with Gasteiger partial charge in [-0.3, -0.25) is 9.88 Å². The van der Waals surface area contributed by atoms with Crippen LogP contribution in [0.3, 0.4) is 0 Å². The van der Waals surface area contributed by atoms with E-state index in [9.17, 15) is 0 Å². The second-order valence-electron chi connectivity index (χ2n) is 3.88. The first-order valence-electron chi connectivity index (χ1n) is 5.17. The van der Waals surface area contributed by atoms with Gasteiger partial charge in [0.25, 0.3) is 0 Å². The van der Waals surface area contributed by atoms with Crippen molar-refractivity contribution < 1.29 is 0 Å². The van der Waals surface area contributed by atoms with Crippen LogP contribution in [-0.4, -0.2) is 40.5 Å². The van der Waals surface area contributed by atoms with Crippen LogP contribution in [0.2, 0.25) is 5.15 Å². The summed E-state index contributed by atoms with van der Waals surface area (Å²) in [4.78, 5) is 10.6. The van der Waals surface area contributed by atoms with E-state index in [4.69, 9.17) is 11.6 Å². The molecule has 0 bridgehead atoms. The lowest BCUT2D eigenvalue weighted by Crippen LogP contribution is -2.48. The molecular formula is C10H15ClN4. The largest absolute Gasteiger partial charge is 0.312 e. The molecule has 2 rings (SSSR count). The summed E-state index contributed by atoms with van der Waals surface area (Å²) in [5, 5.41) is 3.92. The minimum absolute atomic E-state index is 0.517. The molecule has 1 aliphatic heterocycles. The number of hydrogen-bond donors (Lipinski definition) is 1. The topological polar surface area (TPSA) is 41.1 Å². The smallest absolute Gasteiger partial charge is 0.151 e. The normalized spacial score (nSPS) is 22.9. The molecule has 0 aromatic carbocycles. The fourth-order valence-electron chi connectivity index (χ4n) is 1.82. The number of rotatable bonds is 2. The summed E-state index contributed by atoms with van der Waals surface area (Å²) in [5.41, 5.74) is 0.869. The van der Waals surface area contributed by atoms with E-state index >= 15 is 0 Å². The van der Waals surface area contributed by atoms with Gasteiger partial charge in [-0.1, -0.05) is 11.6 Å². The molecule has 1 atom stereocenters. The van der Waals surface area contributed by atoms with Crippen molar-refractivity contribution >= 4 is 11.6 Å². The molecule has 0 aliphatic carbocycles. The second kappa shape index (κ2) is 4.88. The molecule has 0 spiro atoms. The minimum atomic E-state index is 0.517. The Morgan fingerprint density at radius 3 is 3.07 bits per heavy atom. The average molecular weight is 227 g/mol. The Morgan fingerprint density at radius 2 is 2.33 bits per heavy atom. The van der Waals surface area contributed by atoms with Gasteiger partial charge in [-0.2, -0.15) is 0 Å². The molecule has 1 unspecified atom stereocenters. The highest BCUT2D eigenvalue weighted by Crippen LogP contribution is 2.12. The van der Waals surface area contributed by atoms with Gasteiger partial charge in [0.15, 0.2) is 5.15 Å². The van der Waals surface area contributed by atoms with E-state index in [2.05, 4.69) is 27.1 Å². The third-order valence-corrected chi connectivity index (χ3v) is 2.87. The monoisotopic (exact) mass is 226 g/mol. The highest BCUT2D eigenvalue weighted by Gasteiger charge is 2.17. The Balaban J connectivity index is 1.99. The summed E-state index contributed by atoms with van der Waals surface area (Å²) >= 11 is 5.96. The molecule has 1 saturated heterocycles. The molecule has 0 amide bonds.